The van der Waals surface area contributed by atoms with E-state index in [1.54, 1.807) is 0 Å². The topological polar surface area (TPSA) is 24.1 Å². The third kappa shape index (κ3) is 2.55. The van der Waals surface area contributed by atoms with Crippen LogP contribution in [0.3, 0.4) is 0 Å². The van der Waals surface area contributed by atoms with Gasteiger partial charge in [-0.15, -0.1) is 0 Å². The minimum absolute atomic E-state index is 0.601. The number of benzene rings is 1. The number of hydrogen-bond donors (Lipinski definition) is 2. The maximum atomic E-state index is 6.00. The first-order chi connectivity index (χ1) is 7.70. The Bertz CT molecular complexity index is 347. The van der Waals surface area contributed by atoms with E-state index in [0.29, 0.717) is 16.0 Å². The maximum absolute atomic E-state index is 6.00. The van der Waals surface area contributed by atoms with Crippen LogP contribution in [-0.4, -0.2) is 13.1 Å². The molecular weight excluding hydrogens is 243 g/mol. The molecule has 1 aromatic rings. The highest BCUT2D eigenvalue weighted by Crippen LogP contribution is 2.34. The molecular formula is C12H16Cl2N2. The standard InChI is InChI=1S/C12H16Cl2N2/c1-2-3-8-6-15-11-4-9(13)10(14)5-12(11)16-7-8/h4-5,8,15-16H,2-3,6-7H2,1H3. The molecule has 0 saturated heterocycles. The van der Waals surface area contributed by atoms with Crippen LogP contribution in [0.4, 0.5) is 11.4 Å². The predicted octanol–water partition coefficient (Wildman–Crippen LogP) is 4.25. The predicted molar refractivity (Wildman–Crippen MR) is 71.8 cm³/mol. The first kappa shape index (κ1) is 11.9. The van der Waals surface area contributed by atoms with E-state index >= 15 is 0 Å². The summed E-state index contributed by atoms with van der Waals surface area (Å²) in [5.41, 5.74) is 2.10. The van der Waals surface area contributed by atoms with Crippen LogP contribution in [0.15, 0.2) is 12.1 Å². The van der Waals surface area contributed by atoms with Gasteiger partial charge in [-0.1, -0.05) is 36.5 Å². The summed E-state index contributed by atoms with van der Waals surface area (Å²) in [6, 6.07) is 3.78. The number of hydrogen-bond acceptors (Lipinski definition) is 2. The molecule has 0 saturated carbocycles. The lowest BCUT2D eigenvalue weighted by molar-refractivity contribution is 0.531. The van der Waals surface area contributed by atoms with Crippen LogP contribution in [0, 0.1) is 5.92 Å². The van der Waals surface area contributed by atoms with Crippen molar-refractivity contribution in [2.24, 2.45) is 5.92 Å². The fourth-order valence-electron chi connectivity index (χ4n) is 2.03. The number of rotatable bonds is 2. The Labute approximate surface area is 106 Å². The van der Waals surface area contributed by atoms with E-state index in [4.69, 9.17) is 23.2 Å². The van der Waals surface area contributed by atoms with E-state index in [9.17, 15) is 0 Å². The fraction of sp³-hybridized carbons (Fsp3) is 0.500. The Kier molecular flexibility index (Phi) is 3.82. The second-order valence-corrected chi connectivity index (χ2v) is 5.04. The molecule has 0 atom stereocenters. The minimum atomic E-state index is 0.601. The molecule has 1 aromatic carbocycles. The van der Waals surface area contributed by atoms with Gasteiger partial charge in [0.25, 0.3) is 0 Å². The normalized spacial score (nSPS) is 15.9. The number of halogens is 2. The average Bonchev–Trinajstić information content (AvgIpc) is 2.44. The quantitative estimate of drug-likeness (QED) is 0.829. The molecule has 1 aliphatic rings. The van der Waals surface area contributed by atoms with Crippen molar-refractivity contribution in [2.75, 3.05) is 23.7 Å². The number of nitrogens with one attached hydrogen (secondary N) is 2. The van der Waals surface area contributed by atoms with Crippen LogP contribution in [0.2, 0.25) is 10.0 Å². The molecule has 0 fully saturated rings. The lowest BCUT2D eigenvalue weighted by atomic mass is 10.0. The van der Waals surface area contributed by atoms with E-state index < -0.39 is 0 Å². The van der Waals surface area contributed by atoms with E-state index in [-0.39, 0.29) is 0 Å². The third-order valence-electron chi connectivity index (χ3n) is 2.92. The molecule has 2 nitrogen and oxygen atoms in total. The van der Waals surface area contributed by atoms with Crippen LogP contribution in [0.1, 0.15) is 19.8 Å². The molecule has 0 amide bonds. The number of fused-ring (bicyclic) bond motifs is 1. The second-order valence-electron chi connectivity index (χ2n) is 4.23. The molecule has 0 unspecified atom stereocenters. The highest BCUT2D eigenvalue weighted by molar-refractivity contribution is 6.42. The minimum Gasteiger partial charge on any atom is -0.383 e. The van der Waals surface area contributed by atoms with Gasteiger partial charge in [0.2, 0.25) is 0 Å². The van der Waals surface area contributed by atoms with Crippen LogP contribution in [-0.2, 0) is 0 Å². The molecule has 1 aliphatic heterocycles. The highest BCUT2D eigenvalue weighted by atomic mass is 35.5. The zero-order valence-corrected chi connectivity index (χ0v) is 10.8. The molecule has 2 N–H and O–H groups in total. The smallest absolute Gasteiger partial charge is 0.0614 e. The summed E-state index contributed by atoms with van der Waals surface area (Å²) in [6.45, 7) is 4.20. The number of anilines is 2. The summed E-state index contributed by atoms with van der Waals surface area (Å²) >= 11 is 12.0. The Balaban J connectivity index is 2.17. The van der Waals surface area contributed by atoms with Crippen LogP contribution in [0.25, 0.3) is 0 Å². The van der Waals surface area contributed by atoms with Crippen molar-refractivity contribution in [3.63, 3.8) is 0 Å². The average molecular weight is 259 g/mol. The van der Waals surface area contributed by atoms with Crippen LogP contribution >= 0.6 is 23.2 Å². The Morgan fingerprint density at radius 3 is 2.06 bits per heavy atom. The van der Waals surface area contributed by atoms with Crippen molar-refractivity contribution >= 4 is 34.6 Å². The van der Waals surface area contributed by atoms with E-state index in [0.717, 1.165) is 24.5 Å². The second kappa shape index (κ2) is 5.15. The molecule has 1 heterocycles. The third-order valence-corrected chi connectivity index (χ3v) is 3.64. The molecule has 0 bridgehead atoms. The van der Waals surface area contributed by atoms with Crippen molar-refractivity contribution < 1.29 is 0 Å². The van der Waals surface area contributed by atoms with E-state index in [1.807, 2.05) is 12.1 Å². The van der Waals surface area contributed by atoms with Gasteiger partial charge in [-0.3, -0.25) is 0 Å². The molecule has 0 radical (unpaired) electrons. The van der Waals surface area contributed by atoms with Gasteiger partial charge in [0.1, 0.15) is 0 Å². The summed E-state index contributed by atoms with van der Waals surface area (Å²) in [5.74, 6) is 0.662. The highest BCUT2D eigenvalue weighted by Gasteiger charge is 2.15. The van der Waals surface area contributed by atoms with Crippen molar-refractivity contribution in [3.05, 3.63) is 22.2 Å². The monoisotopic (exact) mass is 258 g/mol. The van der Waals surface area contributed by atoms with Crippen molar-refractivity contribution in [3.8, 4) is 0 Å². The van der Waals surface area contributed by atoms with Gasteiger partial charge in [0, 0.05) is 13.1 Å². The fourth-order valence-corrected chi connectivity index (χ4v) is 2.36. The van der Waals surface area contributed by atoms with Gasteiger partial charge >= 0.3 is 0 Å². The Hall–Kier alpha value is -0.600. The van der Waals surface area contributed by atoms with Crippen LogP contribution in [0.5, 0.6) is 0 Å². The van der Waals surface area contributed by atoms with Crippen molar-refractivity contribution in [2.45, 2.75) is 19.8 Å². The van der Waals surface area contributed by atoms with Crippen molar-refractivity contribution in [1.29, 1.82) is 0 Å². The van der Waals surface area contributed by atoms with Crippen molar-refractivity contribution in [1.82, 2.24) is 0 Å². The largest absolute Gasteiger partial charge is 0.383 e. The molecule has 88 valence electrons. The molecule has 0 aromatic heterocycles. The SMILES string of the molecule is CCCC1CNc2cc(Cl)c(Cl)cc2NC1. The van der Waals surface area contributed by atoms with E-state index in [1.165, 1.54) is 12.8 Å². The summed E-state index contributed by atoms with van der Waals surface area (Å²) in [5, 5.41) is 8.05. The Morgan fingerprint density at radius 1 is 1.12 bits per heavy atom. The summed E-state index contributed by atoms with van der Waals surface area (Å²) in [7, 11) is 0. The van der Waals surface area contributed by atoms with Gasteiger partial charge < -0.3 is 10.6 Å². The first-order valence-electron chi connectivity index (χ1n) is 5.67. The van der Waals surface area contributed by atoms with Gasteiger partial charge in [-0.05, 0) is 24.5 Å². The summed E-state index contributed by atoms with van der Waals surface area (Å²) in [6.07, 6.45) is 2.45. The molecule has 0 aliphatic carbocycles. The van der Waals surface area contributed by atoms with Gasteiger partial charge in [-0.25, -0.2) is 0 Å². The molecule has 0 spiro atoms. The zero-order chi connectivity index (χ0) is 11.5. The van der Waals surface area contributed by atoms with Gasteiger partial charge in [0.15, 0.2) is 0 Å². The lowest BCUT2D eigenvalue weighted by Gasteiger charge is -2.12. The maximum Gasteiger partial charge on any atom is 0.0614 e. The molecule has 16 heavy (non-hydrogen) atoms. The van der Waals surface area contributed by atoms with Crippen LogP contribution < -0.4 is 10.6 Å². The van der Waals surface area contributed by atoms with Gasteiger partial charge in [0.05, 0.1) is 21.4 Å². The van der Waals surface area contributed by atoms with Gasteiger partial charge in [-0.2, -0.15) is 0 Å². The summed E-state index contributed by atoms with van der Waals surface area (Å²) in [4.78, 5) is 0. The van der Waals surface area contributed by atoms with E-state index in [2.05, 4.69) is 17.6 Å². The summed E-state index contributed by atoms with van der Waals surface area (Å²) < 4.78 is 0. The molecule has 2 rings (SSSR count). The first-order valence-corrected chi connectivity index (χ1v) is 6.43. The zero-order valence-electron chi connectivity index (χ0n) is 9.32. The lowest BCUT2D eigenvalue weighted by Crippen LogP contribution is -2.18. The Morgan fingerprint density at radius 2 is 1.62 bits per heavy atom. The molecule has 4 heteroatoms.